The second kappa shape index (κ2) is 8.49. The van der Waals surface area contributed by atoms with Gasteiger partial charge in [-0.2, -0.15) is 4.98 Å². The number of fused-ring (bicyclic) bond motifs is 3. The molecule has 9 heteroatoms. The Kier molecular flexibility index (Phi) is 5.79. The number of hydrogen-bond acceptors (Lipinski definition) is 6. The highest BCUT2D eigenvalue weighted by atomic mass is 35.5. The summed E-state index contributed by atoms with van der Waals surface area (Å²) in [4.78, 5) is 25.8. The minimum absolute atomic E-state index is 0.190. The van der Waals surface area contributed by atoms with Crippen molar-refractivity contribution < 1.29 is 14.3 Å². The summed E-state index contributed by atoms with van der Waals surface area (Å²) < 4.78 is 14.1. The van der Waals surface area contributed by atoms with Gasteiger partial charge in [0.25, 0.3) is 0 Å². The summed E-state index contributed by atoms with van der Waals surface area (Å²) in [6.07, 6.45) is 4.99. The first kappa shape index (κ1) is 22.5. The second-order valence-corrected chi connectivity index (χ2v) is 16.3. The number of imidazole rings is 1. The van der Waals surface area contributed by atoms with Gasteiger partial charge in [0, 0.05) is 26.2 Å². The fraction of sp³-hybridized carbons (Fsp3) is 0.500. The summed E-state index contributed by atoms with van der Waals surface area (Å²) in [5, 5.41) is 0.190. The maximum atomic E-state index is 12.4. The Balaban J connectivity index is 1.38. The lowest BCUT2D eigenvalue weighted by molar-refractivity contribution is -0.0316. The number of hydrogen-bond donors (Lipinski definition) is 0. The van der Waals surface area contributed by atoms with Crippen molar-refractivity contribution >= 4 is 36.8 Å². The van der Waals surface area contributed by atoms with Gasteiger partial charge in [0.1, 0.15) is 23.7 Å². The Labute approximate surface area is 199 Å². The van der Waals surface area contributed by atoms with Crippen LogP contribution < -0.4 is 0 Å². The van der Waals surface area contributed by atoms with Crippen LogP contribution in [-0.4, -0.2) is 40.2 Å². The van der Waals surface area contributed by atoms with Crippen molar-refractivity contribution in [2.24, 2.45) is 0 Å². The molecule has 2 aromatic heterocycles. The van der Waals surface area contributed by atoms with Gasteiger partial charge in [-0.3, -0.25) is 0 Å². The quantitative estimate of drug-likeness (QED) is 0.198. The van der Waals surface area contributed by atoms with Crippen LogP contribution >= 0.6 is 11.6 Å². The summed E-state index contributed by atoms with van der Waals surface area (Å²) in [6.45, 7) is 8.17. The fourth-order valence-electron chi connectivity index (χ4n) is 4.95. The minimum atomic E-state index is -1.17. The number of carbonyl (C=O) groups is 1. The Bertz CT molecular complexity index is 1200. The molecular weight excluding hydrogens is 456 g/mol. The van der Waals surface area contributed by atoms with Crippen LogP contribution in [0.3, 0.4) is 0 Å². The Morgan fingerprint density at radius 2 is 1.97 bits per heavy atom. The van der Waals surface area contributed by atoms with Crippen LogP contribution in [0.1, 0.15) is 53.3 Å². The number of benzene rings is 1. The average Bonchev–Trinajstić information content (AvgIpc) is 3.26. The first-order chi connectivity index (χ1) is 15.8. The molecule has 0 unspecified atom stereocenters. The number of rotatable bonds is 6. The average molecular weight is 485 g/mol. The highest BCUT2D eigenvalue weighted by Gasteiger charge is 2.48. The zero-order chi connectivity index (χ0) is 23.2. The molecule has 1 fully saturated rings. The summed E-state index contributed by atoms with van der Waals surface area (Å²) in [5.41, 5.74) is 2.63. The fourth-order valence-corrected chi connectivity index (χ4v) is 5.84. The lowest BCUT2D eigenvalue weighted by Crippen LogP contribution is -2.32. The van der Waals surface area contributed by atoms with Crippen molar-refractivity contribution in [1.29, 1.82) is 0 Å². The van der Waals surface area contributed by atoms with Crippen LogP contribution in [0.5, 0.6) is 0 Å². The number of carbonyl (C=O) groups excluding carboxylic acids is 1. The highest BCUT2D eigenvalue weighted by molar-refractivity contribution is 6.76. The lowest BCUT2D eigenvalue weighted by Gasteiger charge is -2.36. The SMILES string of the molecule is C[Si](C)(C)CCOCn1c(C2CCC3(CC2)OC(=O)c2ccccc23)nc2nc(Cl)ncc21. The maximum Gasteiger partial charge on any atom is 0.339 e. The molecule has 0 radical (unpaired) electrons. The van der Waals surface area contributed by atoms with E-state index < -0.39 is 13.7 Å². The number of ether oxygens (including phenoxy) is 2. The first-order valence-electron chi connectivity index (χ1n) is 11.6. The third-order valence-electron chi connectivity index (χ3n) is 6.81. The summed E-state index contributed by atoms with van der Waals surface area (Å²) in [7, 11) is -1.17. The van der Waals surface area contributed by atoms with Gasteiger partial charge in [0.15, 0.2) is 5.65 Å². The van der Waals surface area contributed by atoms with Gasteiger partial charge in [0.2, 0.25) is 5.28 Å². The van der Waals surface area contributed by atoms with Crippen molar-refractivity contribution in [3.05, 3.63) is 52.7 Å². The van der Waals surface area contributed by atoms with Crippen molar-refractivity contribution in [1.82, 2.24) is 19.5 Å². The van der Waals surface area contributed by atoms with Crippen molar-refractivity contribution in [2.45, 2.75) is 69.6 Å². The molecule has 174 valence electrons. The van der Waals surface area contributed by atoms with Crippen LogP contribution in [0.25, 0.3) is 11.2 Å². The van der Waals surface area contributed by atoms with Gasteiger partial charge < -0.3 is 14.0 Å². The minimum Gasteiger partial charge on any atom is -0.451 e. The molecule has 0 amide bonds. The summed E-state index contributed by atoms with van der Waals surface area (Å²) in [5.74, 6) is 0.953. The molecule has 1 aliphatic carbocycles. The third-order valence-corrected chi connectivity index (χ3v) is 8.70. The largest absolute Gasteiger partial charge is 0.451 e. The number of halogens is 1. The number of aromatic nitrogens is 4. The standard InChI is InChI=1S/C24H29ClN4O3Si/c1-33(2,3)13-12-31-15-29-19-14-26-23(25)28-20(19)27-21(29)16-8-10-24(11-9-16)18-7-5-4-6-17(18)22(30)32-24/h4-7,14,16H,8-13,15H2,1-3H3. The van der Waals surface area contributed by atoms with E-state index in [1.54, 1.807) is 6.20 Å². The van der Waals surface area contributed by atoms with Gasteiger partial charge in [-0.25, -0.2) is 14.8 Å². The molecule has 1 saturated carbocycles. The molecule has 0 N–H and O–H groups in total. The van der Waals surface area contributed by atoms with E-state index in [4.69, 9.17) is 26.1 Å². The van der Waals surface area contributed by atoms with E-state index in [0.717, 1.165) is 55.2 Å². The molecule has 3 aromatic rings. The smallest absolute Gasteiger partial charge is 0.339 e. The summed E-state index contributed by atoms with van der Waals surface area (Å²) in [6, 6.07) is 8.86. The van der Waals surface area contributed by atoms with Crippen LogP contribution in [0, 0.1) is 0 Å². The van der Waals surface area contributed by atoms with Crippen LogP contribution in [-0.2, 0) is 21.8 Å². The Morgan fingerprint density at radius 3 is 2.73 bits per heavy atom. The lowest BCUT2D eigenvalue weighted by atomic mass is 9.74. The van der Waals surface area contributed by atoms with Crippen molar-refractivity contribution in [2.75, 3.05) is 6.61 Å². The molecule has 1 aromatic carbocycles. The molecule has 0 atom stereocenters. The molecule has 3 heterocycles. The van der Waals surface area contributed by atoms with E-state index in [1.165, 1.54) is 0 Å². The molecule has 7 nitrogen and oxygen atoms in total. The normalized spacial score (nSPS) is 22.7. The predicted octanol–water partition coefficient (Wildman–Crippen LogP) is 5.52. The summed E-state index contributed by atoms with van der Waals surface area (Å²) >= 11 is 6.04. The Hall–Kier alpha value is -2.29. The van der Waals surface area contributed by atoms with E-state index in [0.29, 0.717) is 17.9 Å². The van der Waals surface area contributed by atoms with Crippen molar-refractivity contribution in [3.63, 3.8) is 0 Å². The molecule has 1 spiro atoms. The van der Waals surface area contributed by atoms with Gasteiger partial charge in [0.05, 0.1) is 11.8 Å². The molecule has 2 aliphatic rings. The molecule has 0 bridgehead atoms. The zero-order valence-electron chi connectivity index (χ0n) is 19.3. The van der Waals surface area contributed by atoms with E-state index >= 15 is 0 Å². The van der Waals surface area contributed by atoms with Crippen molar-refractivity contribution in [3.8, 4) is 0 Å². The number of esters is 1. The van der Waals surface area contributed by atoms with Gasteiger partial charge in [-0.05, 0) is 49.4 Å². The van der Waals surface area contributed by atoms with Crippen LogP contribution in [0.4, 0.5) is 0 Å². The predicted molar refractivity (Wildman–Crippen MR) is 129 cm³/mol. The molecular formula is C24H29ClN4O3Si. The topological polar surface area (TPSA) is 79.1 Å². The van der Waals surface area contributed by atoms with E-state index in [1.807, 2.05) is 24.3 Å². The van der Waals surface area contributed by atoms with Crippen LogP contribution in [0.15, 0.2) is 30.5 Å². The maximum absolute atomic E-state index is 12.4. The Morgan fingerprint density at radius 1 is 1.21 bits per heavy atom. The van der Waals surface area contributed by atoms with E-state index in [-0.39, 0.29) is 17.2 Å². The molecule has 1 aliphatic heterocycles. The molecule has 5 rings (SSSR count). The second-order valence-electron chi connectivity index (χ2n) is 10.3. The monoisotopic (exact) mass is 484 g/mol. The first-order valence-corrected chi connectivity index (χ1v) is 15.6. The van der Waals surface area contributed by atoms with E-state index in [2.05, 4.69) is 34.2 Å². The van der Waals surface area contributed by atoms with E-state index in [9.17, 15) is 4.79 Å². The van der Waals surface area contributed by atoms with Gasteiger partial charge in [-0.15, -0.1) is 0 Å². The highest BCUT2D eigenvalue weighted by Crippen LogP contribution is 2.50. The zero-order valence-corrected chi connectivity index (χ0v) is 21.1. The molecule has 0 saturated heterocycles. The van der Waals surface area contributed by atoms with Gasteiger partial charge >= 0.3 is 5.97 Å². The number of nitrogens with zero attached hydrogens (tertiary/aromatic N) is 4. The van der Waals surface area contributed by atoms with Crippen LogP contribution in [0.2, 0.25) is 31.0 Å². The third kappa shape index (κ3) is 4.31. The van der Waals surface area contributed by atoms with Gasteiger partial charge in [-0.1, -0.05) is 37.8 Å². The molecule has 33 heavy (non-hydrogen) atoms.